The number of aromatic amines is 1. The maximum absolute atomic E-state index is 12.0. The van der Waals surface area contributed by atoms with Gasteiger partial charge in [0, 0.05) is 17.7 Å². The molecular weight excluding hydrogens is 290 g/mol. The molecule has 1 aliphatic rings. The average molecular weight is 308 g/mol. The molecule has 2 atom stereocenters. The Labute approximate surface area is 127 Å². The summed E-state index contributed by atoms with van der Waals surface area (Å²) in [7, 11) is 0. The molecule has 1 aliphatic heterocycles. The second-order valence-electron chi connectivity index (χ2n) is 5.46. The lowest BCUT2D eigenvalue weighted by atomic mass is 10.0. The Morgan fingerprint density at radius 1 is 1.52 bits per heavy atom. The van der Waals surface area contributed by atoms with Gasteiger partial charge in [0.05, 0.1) is 23.6 Å². The predicted octanol–water partition coefficient (Wildman–Crippen LogP) is 2.23. The van der Waals surface area contributed by atoms with Crippen molar-refractivity contribution < 1.29 is 4.74 Å². The van der Waals surface area contributed by atoms with Crippen molar-refractivity contribution in [3.63, 3.8) is 0 Å². The van der Waals surface area contributed by atoms with E-state index in [4.69, 9.17) is 16.3 Å². The summed E-state index contributed by atoms with van der Waals surface area (Å²) in [6.07, 6.45) is 2.23. The van der Waals surface area contributed by atoms with Crippen LogP contribution in [0.15, 0.2) is 23.0 Å². The van der Waals surface area contributed by atoms with Crippen LogP contribution in [-0.2, 0) is 11.3 Å². The van der Waals surface area contributed by atoms with E-state index in [1.807, 2.05) is 0 Å². The van der Waals surface area contributed by atoms with Crippen LogP contribution < -0.4 is 10.9 Å². The lowest BCUT2D eigenvalue weighted by Crippen LogP contribution is -2.38. The molecule has 0 aliphatic carbocycles. The van der Waals surface area contributed by atoms with E-state index >= 15 is 0 Å². The van der Waals surface area contributed by atoms with Crippen LogP contribution in [0.3, 0.4) is 0 Å². The van der Waals surface area contributed by atoms with Gasteiger partial charge in [0.1, 0.15) is 5.82 Å². The Kier molecular flexibility index (Phi) is 4.24. The smallest absolute Gasteiger partial charge is 0.258 e. The number of nitrogens with one attached hydrogen (secondary N) is 2. The number of halogens is 1. The molecule has 1 aromatic heterocycles. The Morgan fingerprint density at radius 2 is 2.38 bits per heavy atom. The zero-order chi connectivity index (χ0) is 14.8. The molecule has 2 N–H and O–H groups in total. The van der Waals surface area contributed by atoms with Gasteiger partial charge in [0.15, 0.2) is 0 Å². The molecule has 2 heterocycles. The van der Waals surface area contributed by atoms with E-state index in [2.05, 4.69) is 22.2 Å². The van der Waals surface area contributed by atoms with Gasteiger partial charge in [0.2, 0.25) is 0 Å². The standard InChI is InChI=1S/C15H18ClN3O2/c1-9-6-11(4-5-21-9)17-8-14-18-13-7-10(16)2-3-12(13)15(20)19-14/h2-3,7,9,11,17H,4-6,8H2,1H3,(H,18,19,20). The molecular formula is C15H18ClN3O2. The van der Waals surface area contributed by atoms with Crippen LogP contribution in [-0.4, -0.2) is 28.7 Å². The molecule has 0 amide bonds. The summed E-state index contributed by atoms with van der Waals surface area (Å²) >= 11 is 5.96. The van der Waals surface area contributed by atoms with Crippen LogP contribution in [0.2, 0.25) is 5.02 Å². The van der Waals surface area contributed by atoms with Crippen molar-refractivity contribution in [3.8, 4) is 0 Å². The van der Waals surface area contributed by atoms with Crippen molar-refractivity contribution in [1.82, 2.24) is 15.3 Å². The highest BCUT2D eigenvalue weighted by Gasteiger charge is 2.18. The Hall–Kier alpha value is -1.43. The number of fused-ring (bicyclic) bond motifs is 1. The van der Waals surface area contributed by atoms with Crippen LogP contribution in [0.5, 0.6) is 0 Å². The van der Waals surface area contributed by atoms with Crippen molar-refractivity contribution in [2.24, 2.45) is 0 Å². The van der Waals surface area contributed by atoms with Crippen molar-refractivity contribution >= 4 is 22.5 Å². The zero-order valence-corrected chi connectivity index (χ0v) is 12.6. The van der Waals surface area contributed by atoms with Crippen molar-refractivity contribution in [2.45, 2.75) is 38.5 Å². The first kappa shape index (κ1) is 14.5. The SMILES string of the molecule is CC1CC(NCc2nc3cc(Cl)ccc3c(=O)[nH]2)CCO1. The lowest BCUT2D eigenvalue weighted by molar-refractivity contribution is 0.0129. The molecule has 2 aromatic rings. The number of benzene rings is 1. The van der Waals surface area contributed by atoms with Crippen LogP contribution in [0.4, 0.5) is 0 Å². The van der Waals surface area contributed by atoms with Gasteiger partial charge in [-0.25, -0.2) is 4.98 Å². The van der Waals surface area contributed by atoms with Gasteiger partial charge in [-0.15, -0.1) is 0 Å². The summed E-state index contributed by atoms with van der Waals surface area (Å²) < 4.78 is 5.52. The number of aromatic nitrogens is 2. The fraction of sp³-hybridized carbons (Fsp3) is 0.467. The van der Waals surface area contributed by atoms with Crippen LogP contribution in [0.25, 0.3) is 10.9 Å². The number of rotatable bonds is 3. The van der Waals surface area contributed by atoms with Gasteiger partial charge >= 0.3 is 0 Å². The molecule has 3 rings (SSSR count). The lowest BCUT2D eigenvalue weighted by Gasteiger charge is -2.27. The summed E-state index contributed by atoms with van der Waals surface area (Å²) in [5.74, 6) is 0.633. The highest BCUT2D eigenvalue weighted by molar-refractivity contribution is 6.31. The molecule has 5 nitrogen and oxygen atoms in total. The van der Waals surface area contributed by atoms with E-state index in [0.717, 1.165) is 19.4 Å². The zero-order valence-electron chi connectivity index (χ0n) is 11.9. The summed E-state index contributed by atoms with van der Waals surface area (Å²) in [4.78, 5) is 19.3. The number of nitrogens with zero attached hydrogens (tertiary/aromatic N) is 1. The highest BCUT2D eigenvalue weighted by Crippen LogP contribution is 2.15. The van der Waals surface area contributed by atoms with Crippen LogP contribution in [0, 0.1) is 0 Å². The summed E-state index contributed by atoms with van der Waals surface area (Å²) in [5.41, 5.74) is 0.497. The molecule has 2 unspecified atom stereocenters. The monoisotopic (exact) mass is 307 g/mol. The topological polar surface area (TPSA) is 67.0 Å². The minimum Gasteiger partial charge on any atom is -0.378 e. The van der Waals surface area contributed by atoms with E-state index in [1.54, 1.807) is 18.2 Å². The first-order valence-corrected chi connectivity index (χ1v) is 7.53. The molecule has 0 bridgehead atoms. The predicted molar refractivity (Wildman–Crippen MR) is 82.6 cm³/mol. The second kappa shape index (κ2) is 6.13. The maximum Gasteiger partial charge on any atom is 0.258 e. The van der Waals surface area contributed by atoms with Crippen molar-refractivity contribution in [2.75, 3.05) is 6.61 Å². The summed E-state index contributed by atoms with van der Waals surface area (Å²) in [6, 6.07) is 5.50. The second-order valence-corrected chi connectivity index (χ2v) is 5.89. The van der Waals surface area contributed by atoms with Gasteiger partial charge in [-0.2, -0.15) is 0 Å². The third kappa shape index (κ3) is 3.43. The van der Waals surface area contributed by atoms with Crippen LogP contribution in [0.1, 0.15) is 25.6 Å². The fourth-order valence-corrected chi connectivity index (χ4v) is 2.84. The molecule has 6 heteroatoms. The molecule has 21 heavy (non-hydrogen) atoms. The molecule has 0 saturated carbocycles. The van der Waals surface area contributed by atoms with Gasteiger partial charge in [-0.05, 0) is 38.0 Å². The largest absolute Gasteiger partial charge is 0.378 e. The van der Waals surface area contributed by atoms with E-state index in [9.17, 15) is 4.79 Å². The first-order valence-electron chi connectivity index (χ1n) is 7.15. The van der Waals surface area contributed by atoms with E-state index in [-0.39, 0.29) is 11.7 Å². The van der Waals surface area contributed by atoms with Crippen molar-refractivity contribution in [3.05, 3.63) is 39.4 Å². The number of ether oxygens (including phenoxy) is 1. The highest BCUT2D eigenvalue weighted by atomic mass is 35.5. The molecule has 1 fully saturated rings. The Balaban J connectivity index is 1.76. The molecule has 1 saturated heterocycles. The fourth-order valence-electron chi connectivity index (χ4n) is 2.67. The molecule has 112 valence electrons. The minimum atomic E-state index is -0.131. The number of hydrogen-bond donors (Lipinski definition) is 2. The molecule has 1 aromatic carbocycles. The minimum absolute atomic E-state index is 0.131. The summed E-state index contributed by atoms with van der Waals surface area (Å²) in [6.45, 7) is 3.39. The van der Waals surface area contributed by atoms with Crippen LogP contribution >= 0.6 is 11.6 Å². The van der Waals surface area contributed by atoms with E-state index < -0.39 is 0 Å². The number of hydrogen-bond acceptors (Lipinski definition) is 4. The van der Waals surface area contributed by atoms with E-state index in [0.29, 0.717) is 34.3 Å². The number of H-pyrrole nitrogens is 1. The summed E-state index contributed by atoms with van der Waals surface area (Å²) in [5, 5.41) is 4.57. The molecule has 0 spiro atoms. The van der Waals surface area contributed by atoms with Gasteiger partial charge in [-0.3, -0.25) is 4.79 Å². The normalized spacial score (nSPS) is 22.6. The maximum atomic E-state index is 12.0. The third-order valence-corrected chi connectivity index (χ3v) is 4.00. The van der Waals surface area contributed by atoms with Gasteiger partial charge in [0.25, 0.3) is 5.56 Å². The first-order chi connectivity index (χ1) is 10.1. The third-order valence-electron chi connectivity index (χ3n) is 3.76. The van der Waals surface area contributed by atoms with Gasteiger partial charge in [-0.1, -0.05) is 11.6 Å². The quantitative estimate of drug-likeness (QED) is 0.912. The van der Waals surface area contributed by atoms with E-state index in [1.165, 1.54) is 0 Å². The van der Waals surface area contributed by atoms with Gasteiger partial charge < -0.3 is 15.0 Å². The molecule has 0 radical (unpaired) electrons. The average Bonchev–Trinajstić information content (AvgIpc) is 2.45. The van der Waals surface area contributed by atoms with Crippen molar-refractivity contribution in [1.29, 1.82) is 0 Å². The Morgan fingerprint density at radius 3 is 3.19 bits per heavy atom. The Bertz CT molecular complexity index is 701.